The van der Waals surface area contributed by atoms with Gasteiger partial charge in [-0.2, -0.15) is 0 Å². The Hall–Kier alpha value is -3.76. The SMILES string of the molecule is C/C=C1\CN2[C@@H]3C[C@@]45c6ccccc6N[C@]4(O3)[C@@H]2C[C@@H]1[C@@]5(COC(=O)c1cc(OC)c(OC)c(OC)c1)C(=O)OC. The van der Waals surface area contributed by atoms with Gasteiger partial charge in [0, 0.05) is 24.6 Å². The van der Waals surface area contributed by atoms with Gasteiger partial charge in [0.1, 0.15) is 18.2 Å². The number of nitrogens with one attached hydrogen (secondary N) is 1. The van der Waals surface area contributed by atoms with Crippen molar-refractivity contribution in [3.05, 3.63) is 59.2 Å². The Morgan fingerprint density at radius 2 is 1.83 bits per heavy atom. The molecule has 4 fully saturated rings. The second kappa shape index (κ2) is 8.87. The van der Waals surface area contributed by atoms with Crippen molar-refractivity contribution >= 4 is 17.6 Å². The van der Waals surface area contributed by atoms with Gasteiger partial charge in [-0.15, -0.1) is 0 Å². The van der Waals surface area contributed by atoms with E-state index in [4.69, 9.17) is 28.4 Å². The lowest BCUT2D eigenvalue weighted by Crippen LogP contribution is -2.78. The van der Waals surface area contributed by atoms with Gasteiger partial charge in [0.25, 0.3) is 0 Å². The van der Waals surface area contributed by atoms with E-state index in [0.29, 0.717) is 36.6 Å². The molecule has 6 atom stereocenters. The fraction of sp³-hybridized carbons (Fsp3) is 0.484. The van der Waals surface area contributed by atoms with Gasteiger partial charge in [0.2, 0.25) is 5.75 Å². The molecular weight excluding hydrogens is 528 g/mol. The third-order valence-electron chi connectivity index (χ3n) is 10.3. The quantitative estimate of drug-likeness (QED) is 0.398. The molecule has 1 spiro atoms. The molecule has 10 heteroatoms. The zero-order chi connectivity index (χ0) is 28.7. The van der Waals surface area contributed by atoms with Gasteiger partial charge in [-0.3, -0.25) is 9.69 Å². The standard InChI is InChI=1S/C31H34N2O8/c1-6-17-15-33-24-13-20(17)29(28(35)39-5,16-40-27(34)18-11-22(36-2)26(38-4)23(12-18)37-3)30-14-25(33)41-31(24,30)32-21-10-8-7-9-19(21)30/h6-12,20,24-25,32H,13-16H2,1-5H3/b17-6+/t20-,24-,25-,29-,30-,31-/m0/s1. The molecule has 0 aromatic heterocycles. The van der Waals surface area contributed by atoms with E-state index in [1.54, 1.807) is 12.1 Å². The highest BCUT2D eigenvalue weighted by atomic mass is 16.6. The summed E-state index contributed by atoms with van der Waals surface area (Å²) in [5.41, 5.74) is 0.387. The van der Waals surface area contributed by atoms with Crippen molar-refractivity contribution in [3.8, 4) is 17.2 Å². The van der Waals surface area contributed by atoms with Crippen LogP contribution in [0.1, 0.15) is 35.7 Å². The minimum Gasteiger partial charge on any atom is -0.493 e. The molecule has 5 aliphatic rings. The summed E-state index contributed by atoms with van der Waals surface area (Å²) < 4.78 is 35.0. The van der Waals surface area contributed by atoms with E-state index in [2.05, 4.69) is 22.4 Å². The molecule has 1 saturated carbocycles. The third-order valence-corrected chi connectivity index (χ3v) is 10.3. The van der Waals surface area contributed by atoms with E-state index in [1.165, 1.54) is 28.4 Å². The van der Waals surface area contributed by atoms with Crippen molar-refractivity contribution in [1.82, 2.24) is 4.90 Å². The summed E-state index contributed by atoms with van der Waals surface area (Å²) in [6, 6.07) is 11.2. The molecule has 10 nitrogen and oxygen atoms in total. The number of benzene rings is 2. The van der Waals surface area contributed by atoms with Crippen LogP contribution in [0.15, 0.2) is 48.0 Å². The smallest absolute Gasteiger partial charge is 0.338 e. The van der Waals surface area contributed by atoms with Crippen LogP contribution in [0, 0.1) is 11.3 Å². The maximum Gasteiger partial charge on any atom is 0.338 e. The van der Waals surface area contributed by atoms with E-state index in [1.807, 2.05) is 25.1 Å². The zero-order valence-electron chi connectivity index (χ0n) is 23.8. The number of carbonyl (C=O) groups is 2. The maximum absolute atomic E-state index is 14.4. The zero-order valence-corrected chi connectivity index (χ0v) is 23.8. The molecule has 4 aliphatic heterocycles. The Morgan fingerprint density at radius 1 is 1.10 bits per heavy atom. The van der Waals surface area contributed by atoms with Crippen LogP contribution < -0.4 is 19.5 Å². The molecule has 1 aliphatic carbocycles. The van der Waals surface area contributed by atoms with Crippen LogP contribution >= 0.6 is 0 Å². The first-order chi connectivity index (χ1) is 19.8. The van der Waals surface area contributed by atoms with Gasteiger partial charge in [0.15, 0.2) is 17.2 Å². The number of ether oxygens (including phenoxy) is 6. The molecule has 0 amide bonds. The summed E-state index contributed by atoms with van der Waals surface area (Å²) >= 11 is 0. The Bertz CT molecular complexity index is 1470. The van der Waals surface area contributed by atoms with Gasteiger partial charge in [-0.05, 0) is 37.1 Å². The Balaban J connectivity index is 1.38. The number of methoxy groups -OCH3 is 4. The fourth-order valence-electron chi connectivity index (χ4n) is 8.76. The summed E-state index contributed by atoms with van der Waals surface area (Å²) in [6.45, 7) is 2.51. The predicted octanol–water partition coefficient (Wildman–Crippen LogP) is 3.50. The van der Waals surface area contributed by atoms with Crippen molar-refractivity contribution in [1.29, 1.82) is 0 Å². The number of hydrogen-bond acceptors (Lipinski definition) is 10. The molecule has 216 valence electrons. The molecular formula is C31H34N2O8. The number of anilines is 1. The number of para-hydroxylation sites is 1. The second-order valence-corrected chi connectivity index (χ2v) is 11.4. The average molecular weight is 563 g/mol. The van der Waals surface area contributed by atoms with Crippen molar-refractivity contribution < 1.29 is 38.0 Å². The molecule has 0 radical (unpaired) electrons. The lowest BCUT2D eigenvalue weighted by Gasteiger charge is -2.64. The number of piperidine rings is 2. The first kappa shape index (κ1) is 26.2. The van der Waals surface area contributed by atoms with Crippen molar-refractivity contribution in [2.24, 2.45) is 11.3 Å². The molecule has 3 saturated heterocycles. The highest BCUT2D eigenvalue weighted by Gasteiger charge is 2.87. The number of rotatable bonds is 7. The van der Waals surface area contributed by atoms with E-state index in [9.17, 15) is 9.59 Å². The maximum atomic E-state index is 14.4. The minimum absolute atomic E-state index is 0.0611. The van der Waals surface area contributed by atoms with Gasteiger partial charge >= 0.3 is 11.9 Å². The van der Waals surface area contributed by atoms with Crippen LogP contribution in [0.2, 0.25) is 0 Å². The van der Waals surface area contributed by atoms with Crippen molar-refractivity contribution in [3.63, 3.8) is 0 Å². The second-order valence-electron chi connectivity index (χ2n) is 11.4. The summed E-state index contributed by atoms with van der Waals surface area (Å²) in [5.74, 6) is -0.188. The number of esters is 2. The molecule has 4 bridgehead atoms. The van der Waals surface area contributed by atoms with Gasteiger partial charge in [-0.25, -0.2) is 4.79 Å². The molecule has 0 unspecified atom stereocenters. The number of hydrogen-bond donors (Lipinski definition) is 1. The Labute approximate surface area is 238 Å². The lowest BCUT2D eigenvalue weighted by atomic mass is 9.42. The predicted molar refractivity (Wildman–Crippen MR) is 147 cm³/mol. The van der Waals surface area contributed by atoms with E-state index >= 15 is 0 Å². The van der Waals surface area contributed by atoms with Crippen molar-refractivity contribution in [2.75, 3.05) is 46.9 Å². The normalized spacial score (nSPS) is 34.6. The lowest BCUT2D eigenvalue weighted by molar-refractivity contribution is -0.191. The average Bonchev–Trinajstić information content (AvgIpc) is 3.62. The topological polar surface area (TPSA) is 105 Å². The molecule has 4 heterocycles. The fourth-order valence-corrected chi connectivity index (χ4v) is 8.76. The number of fused-ring (bicyclic) bond motifs is 4. The summed E-state index contributed by atoms with van der Waals surface area (Å²) in [5, 5.41) is 3.73. The molecule has 2 aromatic rings. The van der Waals surface area contributed by atoms with Crippen LogP contribution in [-0.4, -0.2) is 76.4 Å². The minimum atomic E-state index is -1.24. The largest absolute Gasteiger partial charge is 0.493 e. The molecule has 7 rings (SSSR count). The first-order valence-electron chi connectivity index (χ1n) is 13.9. The van der Waals surface area contributed by atoms with Crippen molar-refractivity contribution in [2.45, 2.75) is 43.2 Å². The molecule has 2 aromatic carbocycles. The van der Waals surface area contributed by atoms with E-state index in [-0.39, 0.29) is 30.4 Å². The summed E-state index contributed by atoms with van der Waals surface area (Å²) in [7, 11) is 5.88. The highest BCUT2D eigenvalue weighted by Crippen LogP contribution is 2.76. The van der Waals surface area contributed by atoms with Gasteiger partial charge in [-0.1, -0.05) is 29.8 Å². The number of carbonyl (C=O) groups excluding carboxylic acids is 2. The number of nitrogens with zero attached hydrogens (tertiary/aromatic N) is 1. The third kappa shape index (κ3) is 2.94. The van der Waals surface area contributed by atoms with E-state index < -0.39 is 28.5 Å². The van der Waals surface area contributed by atoms with Crippen LogP contribution in [0.4, 0.5) is 5.69 Å². The Morgan fingerprint density at radius 3 is 2.49 bits per heavy atom. The summed E-state index contributed by atoms with van der Waals surface area (Å²) in [6.07, 6.45) is 3.18. The monoisotopic (exact) mass is 562 g/mol. The molecule has 41 heavy (non-hydrogen) atoms. The van der Waals surface area contributed by atoms with Crippen LogP contribution in [0.5, 0.6) is 17.2 Å². The highest BCUT2D eigenvalue weighted by molar-refractivity contribution is 5.92. The van der Waals surface area contributed by atoms with Crippen LogP contribution in [0.3, 0.4) is 0 Å². The Kier molecular flexibility index (Phi) is 5.66. The van der Waals surface area contributed by atoms with Gasteiger partial charge in [0.05, 0.1) is 45.5 Å². The molecule has 1 N–H and O–H groups in total. The van der Waals surface area contributed by atoms with Gasteiger partial charge < -0.3 is 33.7 Å². The van der Waals surface area contributed by atoms with Crippen LogP contribution in [-0.2, 0) is 24.4 Å². The number of allylic oxidation sites excluding steroid dienone is 1. The summed E-state index contributed by atoms with van der Waals surface area (Å²) in [4.78, 5) is 30.5. The first-order valence-corrected chi connectivity index (χ1v) is 13.9. The van der Waals surface area contributed by atoms with E-state index in [0.717, 1.165) is 16.8 Å². The van der Waals surface area contributed by atoms with Crippen LogP contribution in [0.25, 0.3) is 0 Å².